The Bertz CT molecular complexity index is 362. The van der Waals surface area contributed by atoms with Crippen LogP contribution in [0.25, 0.3) is 0 Å². The number of hydrogen-bond donors (Lipinski definition) is 1. The number of nitrogens with zero attached hydrogens (tertiary/aromatic N) is 1. The van der Waals surface area contributed by atoms with Gasteiger partial charge in [0, 0.05) is 12.1 Å². The molecule has 1 aliphatic carbocycles. The van der Waals surface area contributed by atoms with E-state index < -0.39 is 0 Å². The number of fused-ring (bicyclic) bond motifs is 1. The van der Waals surface area contributed by atoms with E-state index >= 15 is 0 Å². The minimum absolute atomic E-state index is 0.510. The van der Waals surface area contributed by atoms with E-state index in [0.29, 0.717) is 12.1 Å². The molecule has 1 N–H and O–H groups in total. The summed E-state index contributed by atoms with van der Waals surface area (Å²) in [6.45, 7) is 6.68. The number of hydrogen-bond acceptors (Lipinski definition) is 2. The van der Waals surface area contributed by atoms with E-state index in [4.69, 9.17) is 0 Å². The fourth-order valence-corrected chi connectivity index (χ4v) is 2.76. The van der Waals surface area contributed by atoms with Crippen LogP contribution in [0.15, 0.2) is 24.3 Å². The Hall–Kier alpha value is -0.860. The SMILES string of the molecule is CCCNC1c2ccccc2CC1N(C)CC. The Morgan fingerprint density at radius 3 is 2.76 bits per heavy atom. The van der Waals surface area contributed by atoms with Crippen LogP contribution in [0, 0.1) is 0 Å². The largest absolute Gasteiger partial charge is 0.309 e. The first-order chi connectivity index (χ1) is 8.27. The molecule has 2 rings (SSSR count). The number of benzene rings is 1. The Morgan fingerprint density at radius 1 is 1.29 bits per heavy atom. The van der Waals surface area contributed by atoms with Crippen molar-refractivity contribution >= 4 is 0 Å². The summed E-state index contributed by atoms with van der Waals surface area (Å²) >= 11 is 0. The van der Waals surface area contributed by atoms with E-state index in [2.05, 4.69) is 55.4 Å². The lowest BCUT2D eigenvalue weighted by molar-refractivity contribution is 0.213. The second kappa shape index (κ2) is 5.65. The lowest BCUT2D eigenvalue weighted by Gasteiger charge is -2.29. The molecule has 0 amide bonds. The van der Waals surface area contributed by atoms with E-state index in [1.165, 1.54) is 24.0 Å². The van der Waals surface area contributed by atoms with Crippen LogP contribution < -0.4 is 5.32 Å². The van der Waals surface area contributed by atoms with Crippen LogP contribution in [0.4, 0.5) is 0 Å². The maximum Gasteiger partial charge on any atom is 0.0484 e. The first-order valence-corrected chi connectivity index (χ1v) is 6.79. The van der Waals surface area contributed by atoms with Gasteiger partial charge in [0.2, 0.25) is 0 Å². The molecule has 1 aromatic rings. The summed E-state index contributed by atoms with van der Waals surface area (Å²) in [7, 11) is 2.23. The summed E-state index contributed by atoms with van der Waals surface area (Å²) in [5.41, 5.74) is 3.03. The highest BCUT2D eigenvalue weighted by Crippen LogP contribution is 2.33. The van der Waals surface area contributed by atoms with E-state index in [9.17, 15) is 0 Å². The Kier molecular flexibility index (Phi) is 4.19. The summed E-state index contributed by atoms with van der Waals surface area (Å²) in [5.74, 6) is 0. The van der Waals surface area contributed by atoms with Gasteiger partial charge in [-0.2, -0.15) is 0 Å². The number of rotatable bonds is 5. The standard InChI is InChI=1S/C15H24N2/c1-4-10-16-15-13-9-7-6-8-12(13)11-14(15)17(3)5-2/h6-9,14-16H,4-5,10-11H2,1-3H3. The highest BCUT2D eigenvalue weighted by molar-refractivity contribution is 5.37. The van der Waals surface area contributed by atoms with Crippen molar-refractivity contribution in [2.24, 2.45) is 0 Å². The van der Waals surface area contributed by atoms with Crippen molar-refractivity contribution in [1.29, 1.82) is 0 Å². The third kappa shape index (κ3) is 2.53. The molecule has 0 fully saturated rings. The van der Waals surface area contributed by atoms with E-state index in [1.807, 2.05) is 0 Å². The lowest BCUT2D eigenvalue weighted by Crippen LogP contribution is -2.40. The molecular formula is C15H24N2. The van der Waals surface area contributed by atoms with Gasteiger partial charge in [0.05, 0.1) is 0 Å². The third-order valence-electron chi connectivity index (χ3n) is 3.88. The minimum atomic E-state index is 0.510. The predicted octanol–water partition coefficient (Wildman–Crippen LogP) is 2.60. The lowest BCUT2D eigenvalue weighted by atomic mass is 10.1. The van der Waals surface area contributed by atoms with Crippen molar-refractivity contribution in [1.82, 2.24) is 10.2 Å². The van der Waals surface area contributed by atoms with Crippen molar-refractivity contribution in [2.45, 2.75) is 38.8 Å². The summed E-state index contributed by atoms with van der Waals surface area (Å²) in [6, 6.07) is 10.0. The fraction of sp³-hybridized carbons (Fsp3) is 0.600. The van der Waals surface area contributed by atoms with Gasteiger partial charge in [0.15, 0.2) is 0 Å². The molecule has 94 valence electrons. The van der Waals surface area contributed by atoms with Gasteiger partial charge in [-0.25, -0.2) is 0 Å². The topological polar surface area (TPSA) is 15.3 Å². The third-order valence-corrected chi connectivity index (χ3v) is 3.88. The van der Waals surface area contributed by atoms with Gasteiger partial charge < -0.3 is 10.2 Å². The van der Waals surface area contributed by atoms with Gasteiger partial charge in [-0.1, -0.05) is 38.1 Å². The zero-order valence-corrected chi connectivity index (χ0v) is 11.2. The Balaban J connectivity index is 2.20. The molecule has 0 saturated carbocycles. The van der Waals surface area contributed by atoms with Crippen molar-refractivity contribution in [2.75, 3.05) is 20.1 Å². The predicted molar refractivity (Wildman–Crippen MR) is 73.3 cm³/mol. The average Bonchev–Trinajstić information content (AvgIpc) is 2.74. The van der Waals surface area contributed by atoms with Crippen LogP contribution in [0.1, 0.15) is 37.4 Å². The fourth-order valence-electron chi connectivity index (χ4n) is 2.76. The molecule has 1 aromatic carbocycles. The molecule has 0 saturated heterocycles. The summed E-state index contributed by atoms with van der Waals surface area (Å²) in [6.07, 6.45) is 2.38. The monoisotopic (exact) mass is 232 g/mol. The van der Waals surface area contributed by atoms with Gasteiger partial charge in [0.25, 0.3) is 0 Å². The Labute approximate surface area is 105 Å². The second-order valence-electron chi connectivity index (χ2n) is 4.98. The van der Waals surface area contributed by atoms with E-state index in [-0.39, 0.29) is 0 Å². The number of nitrogens with one attached hydrogen (secondary N) is 1. The van der Waals surface area contributed by atoms with E-state index in [1.54, 1.807) is 0 Å². The van der Waals surface area contributed by atoms with Crippen LogP contribution >= 0.6 is 0 Å². The zero-order valence-electron chi connectivity index (χ0n) is 11.2. The quantitative estimate of drug-likeness (QED) is 0.839. The highest BCUT2D eigenvalue weighted by atomic mass is 15.2. The first-order valence-electron chi connectivity index (χ1n) is 6.79. The highest BCUT2D eigenvalue weighted by Gasteiger charge is 2.33. The summed E-state index contributed by atoms with van der Waals surface area (Å²) in [5, 5.41) is 3.71. The van der Waals surface area contributed by atoms with Crippen LogP contribution in [0.5, 0.6) is 0 Å². The molecule has 0 aliphatic heterocycles. The van der Waals surface area contributed by atoms with Crippen LogP contribution in [-0.4, -0.2) is 31.1 Å². The van der Waals surface area contributed by atoms with Crippen LogP contribution in [0.2, 0.25) is 0 Å². The molecule has 17 heavy (non-hydrogen) atoms. The molecule has 0 radical (unpaired) electrons. The molecular weight excluding hydrogens is 208 g/mol. The smallest absolute Gasteiger partial charge is 0.0484 e. The zero-order chi connectivity index (χ0) is 12.3. The van der Waals surface area contributed by atoms with Crippen molar-refractivity contribution in [3.8, 4) is 0 Å². The molecule has 2 atom stereocenters. The second-order valence-corrected chi connectivity index (χ2v) is 4.98. The molecule has 0 bridgehead atoms. The van der Waals surface area contributed by atoms with Crippen molar-refractivity contribution in [3.63, 3.8) is 0 Å². The number of likely N-dealkylation sites (N-methyl/N-ethyl adjacent to an activating group) is 1. The van der Waals surface area contributed by atoms with E-state index in [0.717, 1.165) is 13.1 Å². The molecule has 1 aliphatic rings. The minimum Gasteiger partial charge on any atom is -0.309 e. The van der Waals surface area contributed by atoms with Gasteiger partial charge in [-0.3, -0.25) is 0 Å². The molecule has 2 heteroatoms. The maximum absolute atomic E-state index is 3.71. The maximum atomic E-state index is 3.71. The normalized spacial score (nSPS) is 23.1. The van der Waals surface area contributed by atoms with Crippen molar-refractivity contribution in [3.05, 3.63) is 35.4 Å². The van der Waals surface area contributed by atoms with Crippen LogP contribution in [-0.2, 0) is 6.42 Å². The molecule has 0 spiro atoms. The van der Waals surface area contributed by atoms with Gasteiger partial charge in [0.1, 0.15) is 0 Å². The van der Waals surface area contributed by atoms with Gasteiger partial charge in [-0.05, 0) is 44.1 Å². The van der Waals surface area contributed by atoms with Gasteiger partial charge in [-0.15, -0.1) is 0 Å². The molecule has 2 unspecified atom stereocenters. The van der Waals surface area contributed by atoms with Crippen molar-refractivity contribution < 1.29 is 0 Å². The summed E-state index contributed by atoms with van der Waals surface area (Å²) in [4.78, 5) is 2.47. The molecule has 0 aromatic heterocycles. The average molecular weight is 232 g/mol. The molecule has 0 heterocycles. The van der Waals surface area contributed by atoms with Gasteiger partial charge >= 0.3 is 0 Å². The molecule has 2 nitrogen and oxygen atoms in total. The summed E-state index contributed by atoms with van der Waals surface area (Å²) < 4.78 is 0. The first kappa shape index (κ1) is 12.6. The van der Waals surface area contributed by atoms with Crippen LogP contribution in [0.3, 0.4) is 0 Å². The Morgan fingerprint density at radius 2 is 2.06 bits per heavy atom.